The van der Waals surface area contributed by atoms with Crippen LogP contribution in [0.5, 0.6) is 0 Å². The third-order valence-electron chi connectivity index (χ3n) is 4.28. The second-order valence-electron chi connectivity index (χ2n) is 6.07. The van der Waals surface area contributed by atoms with Gasteiger partial charge >= 0.3 is 5.97 Å². The average Bonchev–Trinajstić information content (AvgIpc) is 2.51. The molecule has 0 radical (unpaired) electrons. The number of carbonyl (C=O) groups is 3. The van der Waals surface area contributed by atoms with E-state index < -0.39 is 40.7 Å². The number of benzene rings is 1. The molecule has 1 unspecified atom stereocenters. The lowest BCUT2D eigenvalue weighted by Crippen LogP contribution is -2.62. The maximum absolute atomic E-state index is 12.3. The van der Waals surface area contributed by atoms with Crippen molar-refractivity contribution in [2.75, 3.05) is 0 Å². The number of nitro groups is 1. The molecule has 25 heavy (non-hydrogen) atoms. The van der Waals surface area contributed by atoms with Gasteiger partial charge in [0.2, 0.25) is 5.91 Å². The van der Waals surface area contributed by atoms with Crippen molar-refractivity contribution in [3.63, 3.8) is 0 Å². The van der Waals surface area contributed by atoms with Gasteiger partial charge in [0, 0.05) is 24.6 Å². The standard InChI is InChI=1S/C16H18N2O7/c1-8(19)14-12(17-15(14)21)7-13(20)11(16(22)23)6-9-2-4-10(5-3-9)18(24)25/h2-5,8,11-12,14,19H,6-7H2,1H3,(H,17,21)(H,22,23)/t8-,11?,12-,14-/m1/s1. The van der Waals surface area contributed by atoms with Crippen LogP contribution in [0.1, 0.15) is 18.9 Å². The predicted molar refractivity (Wildman–Crippen MR) is 84.7 cm³/mol. The average molecular weight is 350 g/mol. The number of carbonyl (C=O) groups excluding carboxylic acids is 2. The van der Waals surface area contributed by atoms with E-state index >= 15 is 0 Å². The van der Waals surface area contributed by atoms with E-state index in [1.54, 1.807) is 0 Å². The lowest BCUT2D eigenvalue weighted by atomic mass is 9.80. The maximum Gasteiger partial charge on any atom is 0.314 e. The number of aliphatic hydroxyl groups is 1. The summed E-state index contributed by atoms with van der Waals surface area (Å²) in [4.78, 5) is 45.2. The molecule has 0 spiro atoms. The Morgan fingerprint density at radius 1 is 1.32 bits per heavy atom. The highest BCUT2D eigenvalue weighted by atomic mass is 16.6. The van der Waals surface area contributed by atoms with Crippen molar-refractivity contribution in [2.24, 2.45) is 11.8 Å². The number of nitrogens with one attached hydrogen (secondary N) is 1. The second kappa shape index (κ2) is 7.39. The molecule has 1 aromatic rings. The van der Waals surface area contributed by atoms with Crippen LogP contribution in [-0.4, -0.2) is 44.9 Å². The van der Waals surface area contributed by atoms with Gasteiger partial charge in [0.05, 0.1) is 16.9 Å². The number of hydrogen-bond donors (Lipinski definition) is 3. The van der Waals surface area contributed by atoms with E-state index in [9.17, 15) is 34.7 Å². The van der Waals surface area contributed by atoms with E-state index in [2.05, 4.69) is 5.32 Å². The molecule has 0 aliphatic carbocycles. The van der Waals surface area contributed by atoms with Crippen LogP contribution in [-0.2, 0) is 20.8 Å². The number of carboxylic acid groups (broad SMARTS) is 1. The maximum atomic E-state index is 12.3. The highest BCUT2D eigenvalue weighted by Gasteiger charge is 2.44. The minimum Gasteiger partial charge on any atom is -0.481 e. The number of nitrogens with zero attached hydrogens (tertiary/aromatic N) is 1. The van der Waals surface area contributed by atoms with Gasteiger partial charge in [-0.3, -0.25) is 24.5 Å². The molecule has 9 nitrogen and oxygen atoms in total. The lowest BCUT2D eigenvalue weighted by molar-refractivity contribution is -0.384. The Balaban J connectivity index is 2.05. The molecule has 1 saturated heterocycles. The Kier molecular flexibility index (Phi) is 5.48. The summed E-state index contributed by atoms with van der Waals surface area (Å²) in [5.41, 5.74) is 0.356. The van der Waals surface area contributed by atoms with Crippen molar-refractivity contribution in [3.8, 4) is 0 Å². The van der Waals surface area contributed by atoms with Gasteiger partial charge in [-0.1, -0.05) is 12.1 Å². The van der Waals surface area contributed by atoms with Crippen molar-refractivity contribution in [1.82, 2.24) is 5.32 Å². The Morgan fingerprint density at radius 3 is 2.36 bits per heavy atom. The van der Waals surface area contributed by atoms with Gasteiger partial charge in [-0.05, 0) is 18.9 Å². The summed E-state index contributed by atoms with van der Waals surface area (Å²) in [7, 11) is 0. The number of β-lactam (4-membered cyclic amide) rings is 1. The Hall–Kier alpha value is -2.81. The molecule has 1 fully saturated rings. The van der Waals surface area contributed by atoms with Gasteiger partial charge < -0.3 is 15.5 Å². The monoisotopic (exact) mass is 350 g/mol. The normalized spacial score (nSPS) is 21.6. The fraction of sp³-hybridized carbons (Fsp3) is 0.438. The first-order chi connectivity index (χ1) is 11.7. The quantitative estimate of drug-likeness (QED) is 0.264. The van der Waals surface area contributed by atoms with Gasteiger partial charge in [0.15, 0.2) is 0 Å². The van der Waals surface area contributed by atoms with Crippen LogP contribution in [0.15, 0.2) is 24.3 Å². The molecule has 3 N–H and O–H groups in total. The number of nitro benzene ring substituents is 1. The van der Waals surface area contributed by atoms with E-state index in [1.807, 2.05) is 0 Å². The molecular weight excluding hydrogens is 332 g/mol. The summed E-state index contributed by atoms with van der Waals surface area (Å²) in [5, 5.41) is 32.0. The SMILES string of the molecule is C[C@@H](O)[C@H]1C(=O)N[C@@H]1CC(=O)C(Cc1ccc([N+](=O)[O-])cc1)C(=O)O. The molecule has 2 rings (SSSR count). The van der Waals surface area contributed by atoms with Crippen LogP contribution in [0, 0.1) is 22.0 Å². The summed E-state index contributed by atoms with van der Waals surface area (Å²) in [5.74, 6) is -4.29. The largest absolute Gasteiger partial charge is 0.481 e. The second-order valence-corrected chi connectivity index (χ2v) is 6.07. The van der Waals surface area contributed by atoms with Crippen molar-refractivity contribution < 1.29 is 29.5 Å². The van der Waals surface area contributed by atoms with Gasteiger partial charge in [-0.25, -0.2) is 0 Å². The van der Waals surface area contributed by atoms with E-state index in [-0.39, 0.29) is 24.4 Å². The fourth-order valence-electron chi connectivity index (χ4n) is 2.88. The van der Waals surface area contributed by atoms with Gasteiger partial charge in [-0.15, -0.1) is 0 Å². The summed E-state index contributed by atoms with van der Waals surface area (Å²) < 4.78 is 0. The number of aliphatic hydroxyl groups excluding tert-OH is 1. The van der Waals surface area contributed by atoms with Crippen molar-refractivity contribution in [1.29, 1.82) is 0 Å². The molecule has 1 aliphatic rings. The lowest BCUT2D eigenvalue weighted by Gasteiger charge is -2.38. The Labute approximate surface area is 142 Å². The van der Waals surface area contributed by atoms with Crippen LogP contribution in [0.4, 0.5) is 5.69 Å². The van der Waals surface area contributed by atoms with Crippen molar-refractivity contribution in [3.05, 3.63) is 39.9 Å². The smallest absolute Gasteiger partial charge is 0.314 e. The molecule has 0 aromatic heterocycles. The zero-order valence-electron chi connectivity index (χ0n) is 13.4. The summed E-state index contributed by atoms with van der Waals surface area (Å²) in [6, 6.07) is 4.72. The zero-order valence-corrected chi connectivity index (χ0v) is 13.4. The predicted octanol–water partition coefficient (Wildman–Crippen LogP) is 0.293. The number of rotatable bonds is 8. The Bertz CT molecular complexity index is 699. The highest BCUT2D eigenvalue weighted by molar-refractivity contribution is 6.00. The molecule has 0 bridgehead atoms. The van der Waals surface area contributed by atoms with E-state index in [0.717, 1.165) is 0 Å². The molecule has 9 heteroatoms. The first-order valence-electron chi connectivity index (χ1n) is 7.68. The highest BCUT2D eigenvalue weighted by Crippen LogP contribution is 2.24. The molecule has 1 aromatic carbocycles. The molecule has 1 heterocycles. The molecule has 0 saturated carbocycles. The zero-order chi connectivity index (χ0) is 18.7. The first-order valence-corrected chi connectivity index (χ1v) is 7.68. The molecule has 1 aliphatic heterocycles. The number of carboxylic acids is 1. The molecule has 134 valence electrons. The topological polar surface area (TPSA) is 147 Å². The van der Waals surface area contributed by atoms with Gasteiger partial charge in [-0.2, -0.15) is 0 Å². The van der Waals surface area contributed by atoms with E-state index in [1.165, 1.54) is 31.2 Å². The molecule has 4 atom stereocenters. The van der Waals surface area contributed by atoms with E-state index in [0.29, 0.717) is 5.56 Å². The van der Waals surface area contributed by atoms with Crippen molar-refractivity contribution in [2.45, 2.75) is 31.9 Å². The summed E-state index contributed by atoms with van der Waals surface area (Å²) in [6.45, 7) is 1.44. The van der Waals surface area contributed by atoms with Crippen LogP contribution < -0.4 is 5.32 Å². The van der Waals surface area contributed by atoms with E-state index in [4.69, 9.17) is 0 Å². The molecule has 1 amide bonds. The number of non-ortho nitro benzene ring substituents is 1. The van der Waals surface area contributed by atoms with Gasteiger partial charge in [0.25, 0.3) is 5.69 Å². The summed E-state index contributed by atoms with van der Waals surface area (Å²) in [6.07, 6.45) is -1.22. The van der Waals surface area contributed by atoms with Crippen molar-refractivity contribution >= 4 is 23.3 Å². The number of aliphatic carboxylic acids is 1. The van der Waals surface area contributed by atoms with Crippen LogP contribution in [0.2, 0.25) is 0 Å². The van der Waals surface area contributed by atoms with Crippen LogP contribution >= 0.6 is 0 Å². The number of amides is 1. The third-order valence-corrected chi connectivity index (χ3v) is 4.28. The number of ketones is 1. The van der Waals surface area contributed by atoms with Gasteiger partial charge in [0.1, 0.15) is 11.7 Å². The first kappa shape index (κ1) is 18.5. The molecular formula is C16H18N2O7. The van der Waals surface area contributed by atoms with Crippen LogP contribution in [0.25, 0.3) is 0 Å². The van der Waals surface area contributed by atoms with Crippen LogP contribution in [0.3, 0.4) is 0 Å². The fourth-order valence-corrected chi connectivity index (χ4v) is 2.88. The summed E-state index contributed by atoms with van der Waals surface area (Å²) >= 11 is 0. The number of Topliss-reactive ketones (excluding diaryl/α,β-unsaturated/α-hetero) is 1. The minimum absolute atomic E-state index is 0.105. The third kappa shape index (κ3) is 4.18. The number of hydrogen-bond acceptors (Lipinski definition) is 6. The minimum atomic E-state index is -1.33. The Morgan fingerprint density at radius 2 is 1.92 bits per heavy atom.